The van der Waals surface area contributed by atoms with E-state index in [4.69, 9.17) is 0 Å². The molecule has 2 nitrogen and oxygen atoms in total. The maximum absolute atomic E-state index is 12.0. The van der Waals surface area contributed by atoms with Crippen molar-refractivity contribution >= 4 is 40.2 Å². The fourth-order valence-corrected chi connectivity index (χ4v) is 2.27. The zero-order chi connectivity index (χ0) is 13.1. The normalized spacial score (nSPS) is 10.2. The maximum Gasteiger partial charge on any atom is 0.255 e. The summed E-state index contributed by atoms with van der Waals surface area (Å²) in [4.78, 5) is 12.8. The van der Waals surface area contributed by atoms with Crippen molar-refractivity contribution < 1.29 is 4.79 Å². The summed E-state index contributed by atoms with van der Waals surface area (Å²) in [7, 11) is 0. The van der Waals surface area contributed by atoms with Gasteiger partial charge in [0.05, 0.1) is 5.69 Å². The molecule has 0 bridgehead atoms. The SMILES string of the molecule is Cc1ccc(NC(=O)c2ccc(S)cc2)c(Br)c1. The van der Waals surface area contributed by atoms with Gasteiger partial charge in [-0.15, -0.1) is 12.6 Å². The van der Waals surface area contributed by atoms with Crippen LogP contribution in [0.25, 0.3) is 0 Å². The van der Waals surface area contributed by atoms with Crippen molar-refractivity contribution in [3.8, 4) is 0 Å². The van der Waals surface area contributed by atoms with Crippen LogP contribution < -0.4 is 5.32 Å². The molecular formula is C14H12BrNOS. The molecule has 2 aromatic carbocycles. The lowest BCUT2D eigenvalue weighted by Gasteiger charge is -2.08. The molecule has 0 saturated heterocycles. The molecule has 4 heteroatoms. The Kier molecular flexibility index (Phi) is 4.09. The first-order valence-electron chi connectivity index (χ1n) is 5.43. The minimum absolute atomic E-state index is 0.132. The minimum Gasteiger partial charge on any atom is -0.321 e. The second-order valence-electron chi connectivity index (χ2n) is 3.98. The van der Waals surface area contributed by atoms with Crippen LogP contribution >= 0.6 is 28.6 Å². The van der Waals surface area contributed by atoms with Crippen LogP contribution in [0, 0.1) is 6.92 Å². The van der Waals surface area contributed by atoms with E-state index in [0.717, 1.165) is 20.6 Å². The van der Waals surface area contributed by atoms with Gasteiger partial charge in [0, 0.05) is 14.9 Å². The van der Waals surface area contributed by atoms with Crippen molar-refractivity contribution in [2.45, 2.75) is 11.8 Å². The van der Waals surface area contributed by atoms with E-state index in [2.05, 4.69) is 33.9 Å². The molecule has 0 aliphatic rings. The Morgan fingerprint density at radius 3 is 2.44 bits per heavy atom. The van der Waals surface area contributed by atoms with Crippen molar-refractivity contribution in [1.82, 2.24) is 0 Å². The Morgan fingerprint density at radius 1 is 1.17 bits per heavy atom. The van der Waals surface area contributed by atoms with Gasteiger partial charge in [-0.3, -0.25) is 4.79 Å². The number of anilines is 1. The Bertz CT molecular complexity index is 581. The third-order valence-corrected chi connectivity index (χ3v) is 3.46. The van der Waals surface area contributed by atoms with E-state index in [1.165, 1.54) is 0 Å². The summed E-state index contributed by atoms with van der Waals surface area (Å²) >= 11 is 7.62. The molecule has 0 heterocycles. The molecule has 0 radical (unpaired) electrons. The molecule has 0 saturated carbocycles. The van der Waals surface area contributed by atoms with E-state index >= 15 is 0 Å². The molecule has 0 unspecified atom stereocenters. The molecule has 0 atom stereocenters. The number of rotatable bonds is 2. The molecule has 1 N–H and O–H groups in total. The predicted molar refractivity (Wildman–Crippen MR) is 80.5 cm³/mol. The van der Waals surface area contributed by atoms with Crippen LogP contribution in [-0.4, -0.2) is 5.91 Å². The summed E-state index contributed by atoms with van der Waals surface area (Å²) in [5, 5.41) is 2.86. The molecule has 2 rings (SSSR count). The minimum atomic E-state index is -0.132. The van der Waals surface area contributed by atoms with E-state index < -0.39 is 0 Å². The quantitative estimate of drug-likeness (QED) is 0.793. The number of nitrogens with one attached hydrogen (secondary N) is 1. The van der Waals surface area contributed by atoms with Gasteiger partial charge >= 0.3 is 0 Å². The predicted octanol–water partition coefficient (Wildman–Crippen LogP) is 4.30. The van der Waals surface area contributed by atoms with E-state index in [0.29, 0.717) is 5.56 Å². The molecular weight excluding hydrogens is 310 g/mol. The van der Waals surface area contributed by atoms with Gasteiger partial charge in [-0.25, -0.2) is 0 Å². The monoisotopic (exact) mass is 321 g/mol. The van der Waals surface area contributed by atoms with Crippen LogP contribution in [0.4, 0.5) is 5.69 Å². The number of amides is 1. The molecule has 1 amide bonds. The highest BCUT2D eigenvalue weighted by atomic mass is 79.9. The van der Waals surface area contributed by atoms with Crippen LogP contribution in [0.2, 0.25) is 0 Å². The van der Waals surface area contributed by atoms with Gasteiger partial charge in [-0.1, -0.05) is 6.07 Å². The first-order chi connectivity index (χ1) is 8.56. The van der Waals surface area contributed by atoms with E-state index in [-0.39, 0.29) is 5.91 Å². The largest absolute Gasteiger partial charge is 0.321 e. The number of benzene rings is 2. The fraction of sp³-hybridized carbons (Fsp3) is 0.0714. The average molecular weight is 322 g/mol. The second-order valence-corrected chi connectivity index (χ2v) is 5.36. The van der Waals surface area contributed by atoms with Gasteiger partial charge in [0.25, 0.3) is 5.91 Å². The number of halogens is 1. The van der Waals surface area contributed by atoms with Gasteiger partial charge in [-0.2, -0.15) is 0 Å². The Labute approximate surface area is 120 Å². The molecule has 18 heavy (non-hydrogen) atoms. The fourth-order valence-electron chi connectivity index (χ4n) is 1.53. The molecule has 0 fully saturated rings. The van der Waals surface area contributed by atoms with Gasteiger partial charge in [0.15, 0.2) is 0 Å². The lowest BCUT2D eigenvalue weighted by molar-refractivity contribution is 0.102. The lowest BCUT2D eigenvalue weighted by atomic mass is 10.2. The molecule has 0 spiro atoms. The summed E-state index contributed by atoms with van der Waals surface area (Å²) in [6, 6.07) is 12.9. The van der Waals surface area contributed by atoms with E-state index in [1.807, 2.05) is 25.1 Å². The number of carbonyl (C=O) groups excluding carboxylic acids is 1. The third-order valence-electron chi connectivity index (χ3n) is 2.50. The number of hydrogen-bond donors (Lipinski definition) is 2. The van der Waals surface area contributed by atoms with Crippen molar-refractivity contribution in [3.05, 3.63) is 58.1 Å². The molecule has 92 valence electrons. The summed E-state index contributed by atoms with van der Waals surface area (Å²) in [6.45, 7) is 2.00. The standard InChI is InChI=1S/C14H12BrNOS/c1-9-2-7-13(12(15)8-9)16-14(17)10-3-5-11(18)6-4-10/h2-8,18H,1H3,(H,16,17). The van der Waals surface area contributed by atoms with Gasteiger partial charge in [-0.05, 0) is 64.8 Å². The van der Waals surface area contributed by atoms with Crippen molar-refractivity contribution in [3.63, 3.8) is 0 Å². The number of hydrogen-bond acceptors (Lipinski definition) is 2. The lowest BCUT2D eigenvalue weighted by Crippen LogP contribution is -2.12. The maximum atomic E-state index is 12.0. The first-order valence-corrected chi connectivity index (χ1v) is 6.67. The zero-order valence-corrected chi connectivity index (χ0v) is 12.3. The molecule has 0 aliphatic heterocycles. The zero-order valence-electron chi connectivity index (χ0n) is 9.77. The van der Waals surface area contributed by atoms with E-state index in [9.17, 15) is 4.79 Å². The van der Waals surface area contributed by atoms with Gasteiger partial charge < -0.3 is 5.32 Å². The van der Waals surface area contributed by atoms with Crippen LogP contribution in [0.1, 0.15) is 15.9 Å². The average Bonchev–Trinajstić information content (AvgIpc) is 2.33. The highest BCUT2D eigenvalue weighted by molar-refractivity contribution is 9.10. The van der Waals surface area contributed by atoms with E-state index in [1.54, 1.807) is 24.3 Å². The number of carbonyl (C=O) groups is 1. The topological polar surface area (TPSA) is 29.1 Å². The van der Waals surface area contributed by atoms with Crippen LogP contribution in [-0.2, 0) is 0 Å². The number of aryl methyl sites for hydroxylation is 1. The van der Waals surface area contributed by atoms with Gasteiger partial charge in [0.2, 0.25) is 0 Å². The second kappa shape index (κ2) is 5.59. The summed E-state index contributed by atoms with van der Waals surface area (Å²) in [6.07, 6.45) is 0. The number of thiol groups is 1. The van der Waals surface area contributed by atoms with Crippen molar-refractivity contribution in [1.29, 1.82) is 0 Å². The summed E-state index contributed by atoms with van der Waals surface area (Å²) < 4.78 is 0.877. The Balaban J connectivity index is 2.18. The highest BCUT2D eigenvalue weighted by Crippen LogP contribution is 2.24. The Morgan fingerprint density at radius 2 is 1.83 bits per heavy atom. The molecule has 0 aromatic heterocycles. The van der Waals surface area contributed by atoms with Gasteiger partial charge in [0.1, 0.15) is 0 Å². The smallest absolute Gasteiger partial charge is 0.255 e. The van der Waals surface area contributed by atoms with Crippen LogP contribution in [0.5, 0.6) is 0 Å². The Hall–Kier alpha value is -1.26. The first kappa shape index (κ1) is 13.2. The summed E-state index contributed by atoms with van der Waals surface area (Å²) in [5.74, 6) is -0.132. The molecule has 0 aliphatic carbocycles. The van der Waals surface area contributed by atoms with Crippen LogP contribution in [0.15, 0.2) is 51.8 Å². The third kappa shape index (κ3) is 3.15. The molecule has 2 aromatic rings. The summed E-state index contributed by atoms with van der Waals surface area (Å²) in [5.41, 5.74) is 2.51. The van der Waals surface area contributed by atoms with Crippen molar-refractivity contribution in [2.24, 2.45) is 0 Å². The highest BCUT2D eigenvalue weighted by Gasteiger charge is 2.07. The van der Waals surface area contributed by atoms with Crippen molar-refractivity contribution in [2.75, 3.05) is 5.32 Å². The van der Waals surface area contributed by atoms with Crippen LogP contribution in [0.3, 0.4) is 0 Å².